The highest BCUT2D eigenvalue weighted by atomic mass is 32.2. The van der Waals surface area contributed by atoms with Crippen molar-refractivity contribution < 1.29 is 4.57 Å². The molecule has 0 bridgehead atoms. The number of imidazole rings is 1. The maximum absolute atomic E-state index is 2.35. The Morgan fingerprint density at radius 2 is 2.14 bits per heavy atom. The molecular weight excluding hydrogens is 192 g/mol. The van der Waals surface area contributed by atoms with Crippen LogP contribution in [0.2, 0.25) is 0 Å². The number of thioether (sulfide) groups is 1. The average molecular weight is 213 g/mol. The van der Waals surface area contributed by atoms with Crippen molar-refractivity contribution >= 4 is 11.8 Å². The van der Waals surface area contributed by atoms with Crippen molar-refractivity contribution in [3.63, 3.8) is 0 Å². The maximum Gasteiger partial charge on any atom is 0.317 e. The van der Waals surface area contributed by atoms with Gasteiger partial charge in [-0.1, -0.05) is 19.8 Å². The van der Waals surface area contributed by atoms with E-state index in [2.05, 4.69) is 41.8 Å². The maximum atomic E-state index is 2.35. The summed E-state index contributed by atoms with van der Waals surface area (Å²) in [7, 11) is 2.11. The van der Waals surface area contributed by atoms with Gasteiger partial charge in [0.2, 0.25) is 0 Å². The molecule has 80 valence electrons. The molecule has 0 aliphatic heterocycles. The highest BCUT2D eigenvalue weighted by molar-refractivity contribution is 7.98. The van der Waals surface area contributed by atoms with Crippen LogP contribution in [0.1, 0.15) is 32.6 Å². The minimum atomic E-state index is 1.16. The van der Waals surface area contributed by atoms with Gasteiger partial charge >= 0.3 is 5.16 Å². The lowest BCUT2D eigenvalue weighted by Gasteiger charge is -1.99. The molecule has 0 aromatic carbocycles. The largest absolute Gasteiger partial charge is 0.317 e. The van der Waals surface area contributed by atoms with Crippen LogP contribution in [0.25, 0.3) is 0 Å². The normalized spacial score (nSPS) is 10.8. The highest BCUT2D eigenvalue weighted by Crippen LogP contribution is 2.11. The summed E-state index contributed by atoms with van der Waals surface area (Å²) in [5.74, 6) is 0. The summed E-state index contributed by atoms with van der Waals surface area (Å²) in [6, 6.07) is 0. The van der Waals surface area contributed by atoms with E-state index in [-0.39, 0.29) is 0 Å². The first-order chi connectivity index (χ1) is 6.79. The number of unbranched alkanes of at least 4 members (excludes halogenated alkanes) is 3. The quantitative estimate of drug-likeness (QED) is 0.401. The van der Waals surface area contributed by atoms with Crippen LogP contribution < -0.4 is 4.57 Å². The fraction of sp³-hybridized carbons (Fsp3) is 0.727. The molecule has 1 heterocycles. The Balaban J connectivity index is 2.42. The summed E-state index contributed by atoms with van der Waals surface area (Å²) >= 11 is 1.82. The number of rotatable bonds is 6. The predicted molar refractivity (Wildman–Crippen MR) is 61.5 cm³/mol. The summed E-state index contributed by atoms with van der Waals surface area (Å²) in [6.07, 6.45) is 11.8. The van der Waals surface area contributed by atoms with Crippen LogP contribution >= 0.6 is 11.8 Å². The first-order valence-electron chi connectivity index (χ1n) is 5.38. The Hall–Kier alpha value is -0.440. The van der Waals surface area contributed by atoms with Gasteiger partial charge < -0.3 is 0 Å². The number of hydrogen-bond acceptors (Lipinski definition) is 1. The van der Waals surface area contributed by atoms with Gasteiger partial charge in [0.15, 0.2) is 0 Å². The molecule has 0 atom stereocenters. The molecule has 2 nitrogen and oxygen atoms in total. The summed E-state index contributed by atoms with van der Waals surface area (Å²) in [5.41, 5.74) is 0. The van der Waals surface area contributed by atoms with E-state index in [9.17, 15) is 0 Å². The molecule has 1 rings (SSSR count). The second-order valence-corrected chi connectivity index (χ2v) is 4.42. The van der Waals surface area contributed by atoms with Crippen LogP contribution in [0, 0.1) is 0 Å². The number of aromatic nitrogens is 2. The topological polar surface area (TPSA) is 8.81 Å². The molecule has 0 N–H and O–H groups in total. The molecule has 0 spiro atoms. The van der Waals surface area contributed by atoms with Crippen LogP contribution in [-0.4, -0.2) is 10.8 Å². The van der Waals surface area contributed by atoms with Gasteiger partial charge in [0.05, 0.1) is 13.6 Å². The van der Waals surface area contributed by atoms with E-state index in [1.165, 1.54) is 30.8 Å². The zero-order chi connectivity index (χ0) is 10.4. The van der Waals surface area contributed by atoms with E-state index in [4.69, 9.17) is 0 Å². The van der Waals surface area contributed by atoms with E-state index in [1.807, 2.05) is 11.8 Å². The Morgan fingerprint density at radius 1 is 1.36 bits per heavy atom. The molecular formula is C11H21N2S+. The van der Waals surface area contributed by atoms with Gasteiger partial charge in [0.25, 0.3) is 0 Å². The molecule has 0 saturated carbocycles. The monoisotopic (exact) mass is 213 g/mol. The van der Waals surface area contributed by atoms with Crippen LogP contribution in [0.4, 0.5) is 0 Å². The van der Waals surface area contributed by atoms with Crippen molar-refractivity contribution in [3.05, 3.63) is 12.4 Å². The number of aryl methyl sites for hydroxylation is 2. The lowest BCUT2D eigenvalue weighted by atomic mass is 10.2. The Kier molecular flexibility index (Phi) is 5.09. The molecule has 0 amide bonds. The molecule has 0 fully saturated rings. The minimum absolute atomic E-state index is 1.16. The molecule has 0 saturated heterocycles. The molecule has 0 aliphatic rings. The van der Waals surface area contributed by atoms with Gasteiger partial charge in [0, 0.05) is 0 Å². The molecule has 14 heavy (non-hydrogen) atoms. The molecule has 0 aliphatic carbocycles. The standard InChI is InChI=1S/C11H21N2S/c1-4-5-6-7-8-13-10-9-12(2)11(13)14-3/h9-10H,4-8H2,1-3H3/q+1. The average Bonchev–Trinajstić information content (AvgIpc) is 2.54. The van der Waals surface area contributed by atoms with Gasteiger partial charge in [-0.25, -0.2) is 9.13 Å². The fourth-order valence-corrected chi connectivity index (χ4v) is 2.39. The van der Waals surface area contributed by atoms with Crippen LogP contribution in [0.15, 0.2) is 17.6 Å². The second kappa shape index (κ2) is 6.12. The van der Waals surface area contributed by atoms with Crippen molar-refractivity contribution in [2.24, 2.45) is 7.05 Å². The van der Waals surface area contributed by atoms with E-state index in [0.29, 0.717) is 0 Å². The zero-order valence-corrected chi connectivity index (χ0v) is 10.3. The summed E-state index contributed by atoms with van der Waals surface area (Å²) < 4.78 is 4.53. The third-order valence-electron chi connectivity index (χ3n) is 2.45. The molecule has 1 aromatic heterocycles. The van der Waals surface area contributed by atoms with Crippen molar-refractivity contribution in [1.82, 2.24) is 4.57 Å². The van der Waals surface area contributed by atoms with E-state index in [1.54, 1.807) is 0 Å². The Labute approximate surface area is 91.3 Å². The molecule has 0 radical (unpaired) electrons. The van der Waals surface area contributed by atoms with Gasteiger partial charge in [-0.15, -0.1) is 0 Å². The van der Waals surface area contributed by atoms with Gasteiger partial charge in [0.1, 0.15) is 12.4 Å². The van der Waals surface area contributed by atoms with Crippen LogP contribution in [0.5, 0.6) is 0 Å². The van der Waals surface area contributed by atoms with Gasteiger partial charge in [-0.3, -0.25) is 0 Å². The number of nitrogens with zero attached hydrogens (tertiary/aromatic N) is 2. The second-order valence-electron chi connectivity index (χ2n) is 3.65. The van der Waals surface area contributed by atoms with Crippen molar-refractivity contribution in [2.75, 3.05) is 6.26 Å². The summed E-state index contributed by atoms with van der Waals surface area (Å²) in [4.78, 5) is 0. The SMILES string of the molecule is CCCCCCn1cc[n+](C)c1SC. The highest BCUT2D eigenvalue weighted by Gasteiger charge is 2.11. The molecule has 1 aromatic rings. The fourth-order valence-electron chi connectivity index (χ4n) is 1.65. The van der Waals surface area contributed by atoms with Crippen LogP contribution in [0.3, 0.4) is 0 Å². The van der Waals surface area contributed by atoms with E-state index >= 15 is 0 Å². The van der Waals surface area contributed by atoms with Gasteiger partial charge in [-0.2, -0.15) is 0 Å². The third-order valence-corrected chi connectivity index (χ3v) is 3.34. The summed E-state index contributed by atoms with van der Waals surface area (Å²) in [5, 5.41) is 1.35. The Morgan fingerprint density at radius 3 is 2.79 bits per heavy atom. The lowest BCUT2D eigenvalue weighted by Crippen LogP contribution is -2.28. The molecule has 3 heteroatoms. The smallest absolute Gasteiger partial charge is 0.227 e. The number of hydrogen-bond donors (Lipinski definition) is 0. The first kappa shape index (κ1) is 11.6. The zero-order valence-electron chi connectivity index (χ0n) is 9.49. The molecule has 0 unspecified atom stereocenters. The van der Waals surface area contributed by atoms with E-state index < -0.39 is 0 Å². The summed E-state index contributed by atoms with van der Waals surface area (Å²) in [6.45, 7) is 3.42. The predicted octanol–water partition coefficient (Wildman–Crippen LogP) is 2.61. The minimum Gasteiger partial charge on any atom is -0.227 e. The van der Waals surface area contributed by atoms with Crippen molar-refractivity contribution in [2.45, 2.75) is 44.3 Å². The Bertz CT molecular complexity index is 268. The van der Waals surface area contributed by atoms with Crippen molar-refractivity contribution in [1.29, 1.82) is 0 Å². The third kappa shape index (κ3) is 3.05. The first-order valence-corrected chi connectivity index (χ1v) is 6.60. The lowest BCUT2D eigenvalue weighted by molar-refractivity contribution is -0.709. The van der Waals surface area contributed by atoms with Gasteiger partial charge in [-0.05, 0) is 30.9 Å². The van der Waals surface area contributed by atoms with Crippen molar-refractivity contribution in [3.8, 4) is 0 Å². The van der Waals surface area contributed by atoms with E-state index in [0.717, 1.165) is 6.54 Å². The van der Waals surface area contributed by atoms with Crippen LogP contribution in [-0.2, 0) is 13.6 Å².